The average Bonchev–Trinajstić information content (AvgIpc) is 3.53. The molecular formula is C26H30N4O4. The molecule has 8 heteroatoms. The van der Waals surface area contributed by atoms with Crippen LogP contribution in [0.1, 0.15) is 51.0 Å². The molecule has 5 rings (SSSR count). The van der Waals surface area contributed by atoms with Crippen LogP contribution in [0.5, 0.6) is 11.5 Å². The zero-order valence-corrected chi connectivity index (χ0v) is 19.6. The highest BCUT2D eigenvalue weighted by atomic mass is 16.7. The van der Waals surface area contributed by atoms with E-state index in [1.807, 2.05) is 30.3 Å². The Morgan fingerprint density at radius 3 is 2.88 bits per heavy atom. The van der Waals surface area contributed by atoms with Crippen LogP contribution in [0.15, 0.2) is 47.2 Å². The largest absolute Gasteiger partial charge is 0.454 e. The van der Waals surface area contributed by atoms with Gasteiger partial charge in [-0.05, 0) is 48.1 Å². The molecule has 2 aromatic heterocycles. The van der Waals surface area contributed by atoms with Gasteiger partial charge in [-0.25, -0.2) is 0 Å². The summed E-state index contributed by atoms with van der Waals surface area (Å²) in [7, 11) is 0. The van der Waals surface area contributed by atoms with E-state index < -0.39 is 0 Å². The second-order valence-corrected chi connectivity index (χ2v) is 9.30. The minimum atomic E-state index is 0.102. The average molecular weight is 463 g/mol. The number of carbonyl (C=O) groups excluding carboxylic acids is 1. The van der Waals surface area contributed by atoms with E-state index in [2.05, 4.69) is 33.9 Å². The lowest BCUT2D eigenvalue weighted by Gasteiger charge is -2.42. The van der Waals surface area contributed by atoms with Crippen molar-refractivity contribution in [3.8, 4) is 22.9 Å². The number of hydrogen-bond donors (Lipinski definition) is 0. The van der Waals surface area contributed by atoms with Crippen LogP contribution >= 0.6 is 0 Å². The van der Waals surface area contributed by atoms with E-state index >= 15 is 0 Å². The summed E-state index contributed by atoms with van der Waals surface area (Å²) in [6.07, 6.45) is 7.48. The standard InChI is InChI=1S/C26H30N4O4/c1-17-5-3-7-21(18(17)2)30(15-19-8-9-22-23(13-19)33-16-32-22)25(31)11-10-24-28-26(29-34-24)20-6-4-12-27-14-20/h4,6,8-9,12-14,17-18,21H,3,5,7,10-11,15-16H2,1-2H3. The number of rotatable bonds is 7. The Kier molecular flexibility index (Phi) is 6.47. The topological polar surface area (TPSA) is 90.6 Å². The molecule has 1 aromatic carbocycles. The molecule has 3 heterocycles. The van der Waals surface area contributed by atoms with Gasteiger partial charge in [0.15, 0.2) is 11.5 Å². The number of pyridine rings is 1. The smallest absolute Gasteiger partial charge is 0.231 e. The number of benzene rings is 1. The van der Waals surface area contributed by atoms with Gasteiger partial charge in [0.1, 0.15) is 0 Å². The highest BCUT2D eigenvalue weighted by molar-refractivity contribution is 5.77. The maximum atomic E-state index is 13.6. The first-order chi connectivity index (χ1) is 16.6. The van der Waals surface area contributed by atoms with Crippen molar-refractivity contribution in [2.45, 2.75) is 58.5 Å². The third kappa shape index (κ3) is 4.76. The summed E-state index contributed by atoms with van der Waals surface area (Å²) in [5.41, 5.74) is 1.83. The number of carbonyl (C=O) groups is 1. The number of nitrogens with zero attached hydrogens (tertiary/aromatic N) is 4. The summed E-state index contributed by atoms with van der Waals surface area (Å²) in [5.74, 6) is 3.56. The lowest BCUT2D eigenvalue weighted by Crippen LogP contribution is -2.47. The molecule has 2 aliphatic rings. The van der Waals surface area contributed by atoms with Crippen LogP contribution in [0.25, 0.3) is 11.4 Å². The number of aromatic nitrogens is 3. The van der Waals surface area contributed by atoms with Gasteiger partial charge in [0.05, 0.1) is 0 Å². The third-order valence-corrected chi connectivity index (χ3v) is 7.11. The van der Waals surface area contributed by atoms with Gasteiger partial charge in [-0.3, -0.25) is 9.78 Å². The molecule has 1 fully saturated rings. The molecule has 0 radical (unpaired) electrons. The van der Waals surface area contributed by atoms with Crippen LogP contribution in [-0.4, -0.2) is 38.8 Å². The van der Waals surface area contributed by atoms with Crippen molar-refractivity contribution in [2.75, 3.05) is 6.79 Å². The van der Waals surface area contributed by atoms with E-state index in [1.54, 1.807) is 12.4 Å². The van der Waals surface area contributed by atoms with Crippen molar-refractivity contribution in [1.29, 1.82) is 0 Å². The van der Waals surface area contributed by atoms with Crippen molar-refractivity contribution >= 4 is 5.91 Å². The van der Waals surface area contributed by atoms with Crippen LogP contribution in [0.2, 0.25) is 0 Å². The van der Waals surface area contributed by atoms with E-state index in [9.17, 15) is 4.79 Å². The number of hydrogen-bond acceptors (Lipinski definition) is 7. The Bertz CT molecular complexity index is 1130. The molecule has 3 aromatic rings. The fourth-order valence-corrected chi connectivity index (χ4v) is 4.95. The molecule has 1 amide bonds. The molecule has 0 bridgehead atoms. The molecule has 1 aliphatic carbocycles. The maximum absolute atomic E-state index is 13.6. The zero-order chi connectivity index (χ0) is 23.5. The quantitative estimate of drug-likeness (QED) is 0.505. The summed E-state index contributed by atoms with van der Waals surface area (Å²) >= 11 is 0. The summed E-state index contributed by atoms with van der Waals surface area (Å²) in [4.78, 5) is 24.2. The fraction of sp³-hybridized carbons (Fsp3) is 0.462. The second-order valence-electron chi connectivity index (χ2n) is 9.30. The Morgan fingerprint density at radius 1 is 1.15 bits per heavy atom. The van der Waals surface area contributed by atoms with E-state index in [-0.39, 0.29) is 18.7 Å². The molecule has 0 N–H and O–H groups in total. The summed E-state index contributed by atoms with van der Waals surface area (Å²) in [6, 6.07) is 9.84. The maximum Gasteiger partial charge on any atom is 0.231 e. The molecule has 8 nitrogen and oxygen atoms in total. The van der Waals surface area contributed by atoms with Crippen molar-refractivity contribution in [2.24, 2.45) is 11.8 Å². The molecule has 178 valence electrons. The number of aryl methyl sites for hydroxylation is 1. The highest BCUT2D eigenvalue weighted by Gasteiger charge is 2.34. The van der Waals surface area contributed by atoms with Gasteiger partial charge >= 0.3 is 0 Å². The van der Waals surface area contributed by atoms with E-state index in [4.69, 9.17) is 14.0 Å². The van der Waals surface area contributed by atoms with Crippen LogP contribution < -0.4 is 9.47 Å². The van der Waals surface area contributed by atoms with Crippen LogP contribution in [0.4, 0.5) is 0 Å². The van der Waals surface area contributed by atoms with E-state index in [0.29, 0.717) is 42.9 Å². The van der Waals surface area contributed by atoms with Crippen LogP contribution in [0, 0.1) is 11.8 Å². The summed E-state index contributed by atoms with van der Waals surface area (Å²) < 4.78 is 16.4. The third-order valence-electron chi connectivity index (χ3n) is 7.11. The molecule has 1 saturated carbocycles. The first-order valence-corrected chi connectivity index (χ1v) is 12.0. The normalized spacial score (nSPS) is 21.4. The van der Waals surface area contributed by atoms with Gasteiger partial charge in [-0.1, -0.05) is 37.9 Å². The monoisotopic (exact) mass is 462 g/mol. The van der Waals surface area contributed by atoms with Gasteiger partial charge in [-0.2, -0.15) is 4.98 Å². The Hall–Kier alpha value is -3.42. The first-order valence-electron chi connectivity index (χ1n) is 12.0. The summed E-state index contributed by atoms with van der Waals surface area (Å²) in [5, 5.41) is 4.05. The van der Waals surface area contributed by atoms with Gasteiger partial charge in [0.25, 0.3) is 0 Å². The number of ether oxygens (including phenoxy) is 2. The summed E-state index contributed by atoms with van der Waals surface area (Å²) in [6.45, 7) is 5.34. The molecule has 0 saturated heterocycles. The molecule has 1 aliphatic heterocycles. The lowest BCUT2D eigenvalue weighted by molar-refractivity contribution is -0.136. The zero-order valence-electron chi connectivity index (χ0n) is 19.6. The van der Waals surface area contributed by atoms with Crippen molar-refractivity contribution in [3.63, 3.8) is 0 Å². The number of fused-ring (bicyclic) bond motifs is 1. The lowest BCUT2D eigenvalue weighted by atomic mass is 9.77. The highest BCUT2D eigenvalue weighted by Crippen LogP contribution is 2.36. The fourth-order valence-electron chi connectivity index (χ4n) is 4.95. The Labute approximate surface area is 199 Å². The van der Waals surface area contributed by atoms with Crippen molar-refractivity contribution < 1.29 is 18.8 Å². The molecule has 34 heavy (non-hydrogen) atoms. The van der Waals surface area contributed by atoms with Gasteiger partial charge < -0.3 is 18.9 Å². The van der Waals surface area contributed by atoms with Gasteiger partial charge in [0, 0.05) is 43.4 Å². The number of amides is 1. The van der Waals surface area contributed by atoms with E-state index in [0.717, 1.165) is 35.5 Å². The minimum Gasteiger partial charge on any atom is -0.454 e. The van der Waals surface area contributed by atoms with Crippen molar-refractivity contribution in [3.05, 3.63) is 54.2 Å². The Balaban J connectivity index is 1.31. The molecule has 3 atom stereocenters. The SMILES string of the molecule is CC1CCCC(N(Cc2ccc3c(c2)OCO3)C(=O)CCc2nc(-c3cccnc3)no2)C1C. The van der Waals surface area contributed by atoms with Crippen LogP contribution in [-0.2, 0) is 17.8 Å². The van der Waals surface area contributed by atoms with E-state index in [1.165, 1.54) is 6.42 Å². The molecular weight excluding hydrogens is 432 g/mol. The van der Waals surface area contributed by atoms with Crippen LogP contribution in [0.3, 0.4) is 0 Å². The van der Waals surface area contributed by atoms with Gasteiger partial charge in [0.2, 0.25) is 24.4 Å². The first kappa shape index (κ1) is 22.4. The second kappa shape index (κ2) is 9.83. The van der Waals surface area contributed by atoms with Gasteiger partial charge in [-0.15, -0.1) is 0 Å². The predicted octanol–water partition coefficient (Wildman–Crippen LogP) is 4.65. The Morgan fingerprint density at radius 2 is 2.03 bits per heavy atom. The minimum absolute atomic E-state index is 0.102. The molecule has 3 unspecified atom stereocenters. The predicted molar refractivity (Wildman–Crippen MR) is 125 cm³/mol. The molecule has 0 spiro atoms. The van der Waals surface area contributed by atoms with Crippen molar-refractivity contribution in [1.82, 2.24) is 20.0 Å².